The van der Waals surface area contributed by atoms with Gasteiger partial charge in [0.05, 0.1) is 11.0 Å². The van der Waals surface area contributed by atoms with Crippen LogP contribution in [0.15, 0.2) is 27.6 Å². The Morgan fingerprint density at radius 1 is 1.27 bits per heavy atom. The number of nitrogens with zero attached hydrogens (tertiary/aromatic N) is 1. The van der Waals surface area contributed by atoms with Gasteiger partial charge in [-0.15, -0.1) is 0 Å². The molecule has 0 bridgehead atoms. The lowest BCUT2D eigenvalue weighted by Gasteiger charge is -2.36. The minimum Gasteiger partial charge on any atom is -0.393 e. The quantitative estimate of drug-likeness (QED) is 0.699. The highest BCUT2D eigenvalue weighted by Gasteiger charge is 2.34. The van der Waals surface area contributed by atoms with Gasteiger partial charge in [0.15, 0.2) is 0 Å². The third kappa shape index (κ3) is 4.26. The van der Waals surface area contributed by atoms with E-state index in [0.717, 1.165) is 48.8 Å². The van der Waals surface area contributed by atoms with Crippen LogP contribution in [0.5, 0.6) is 0 Å². The number of halogens is 1. The van der Waals surface area contributed by atoms with Crippen LogP contribution >= 0.6 is 15.9 Å². The summed E-state index contributed by atoms with van der Waals surface area (Å²) in [5.74, 6) is 0.934. The summed E-state index contributed by atoms with van der Waals surface area (Å²) in [6.45, 7) is 5.54. The lowest BCUT2D eigenvalue weighted by Crippen LogP contribution is -2.45. The van der Waals surface area contributed by atoms with Crippen molar-refractivity contribution in [3.63, 3.8) is 0 Å². The van der Waals surface area contributed by atoms with Gasteiger partial charge in [-0.3, -0.25) is 0 Å². The summed E-state index contributed by atoms with van der Waals surface area (Å²) in [4.78, 5) is 0.345. The monoisotopic (exact) mass is 444 g/mol. The van der Waals surface area contributed by atoms with Crippen LogP contribution < -0.4 is 5.32 Å². The molecule has 1 aromatic carbocycles. The highest BCUT2D eigenvalue weighted by molar-refractivity contribution is 9.10. The van der Waals surface area contributed by atoms with Crippen molar-refractivity contribution in [1.82, 2.24) is 4.31 Å². The molecule has 0 amide bonds. The Hall–Kier alpha value is -0.630. The number of anilines is 1. The van der Waals surface area contributed by atoms with Crippen LogP contribution in [-0.2, 0) is 10.0 Å². The van der Waals surface area contributed by atoms with E-state index >= 15 is 0 Å². The van der Waals surface area contributed by atoms with Gasteiger partial charge in [-0.1, -0.05) is 13.3 Å². The van der Waals surface area contributed by atoms with Gasteiger partial charge in [0, 0.05) is 29.3 Å². The van der Waals surface area contributed by atoms with Crippen molar-refractivity contribution in [2.24, 2.45) is 11.8 Å². The van der Waals surface area contributed by atoms with E-state index in [1.165, 1.54) is 0 Å². The van der Waals surface area contributed by atoms with E-state index < -0.39 is 10.0 Å². The molecule has 26 heavy (non-hydrogen) atoms. The van der Waals surface area contributed by atoms with E-state index in [2.05, 4.69) is 28.2 Å². The second-order valence-electron chi connectivity index (χ2n) is 7.79. The normalized spacial score (nSPS) is 30.0. The number of nitrogens with one attached hydrogen (secondary N) is 1. The molecule has 1 aliphatic carbocycles. The molecule has 146 valence electrons. The molecule has 0 radical (unpaired) electrons. The number of piperidine rings is 1. The predicted molar refractivity (Wildman–Crippen MR) is 108 cm³/mol. The molecule has 2 fully saturated rings. The number of benzene rings is 1. The van der Waals surface area contributed by atoms with E-state index in [-0.39, 0.29) is 12.1 Å². The molecule has 5 nitrogen and oxygen atoms in total. The summed E-state index contributed by atoms with van der Waals surface area (Å²) in [5, 5.41) is 12.7. The Kier molecular flexibility index (Phi) is 6.32. The maximum absolute atomic E-state index is 13.1. The molecule has 2 atom stereocenters. The van der Waals surface area contributed by atoms with E-state index in [1.54, 1.807) is 16.4 Å². The second-order valence-corrected chi connectivity index (χ2v) is 10.5. The fraction of sp³-hybridized carbons (Fsp3) is 0.684. The first-order valence-electron chi connectivity index (χ1n) is 9.54. The summed E-state index contributed by atoms with van der Waals surface area (Å²) in [6, 6.07) is 5.28. The fourth-order valence-corrected chi connectivity index (χ4v) is 6.31. The Bertz CT molecular complexity index is 734. The van der Waals surface area contributed by atoms with Gasteiger partial charge in [0.2, 0.25) is 10.0 Å². The van der Waals surface area contributed by atoms with E-state index in [4.69, 9.17) is 0 Å². The molecule has 0 unspecified atom stereocenters. The van der Waals surface area contributed by atoms with Gasteiger partial charge in [-0.25, -0.2) is 8.42 Å². The molecule has 3 rings (SSSR count). The average molecular weight is 445 g/mol. The van der Waals surface area contributed by atoms with Crippen molar-refractivity contribution in [3.8, 4) is 0 Å². The van der Waals surface area contributed by atoms with Crippen LogP contribution in [0.4, 0.5) is 5.69 Å². The SMILES string of the molecule is CC[C@@H]1CC[C@@H](C)N(S(=O)(=O)c2ccc(NCC3CC(O)C3)c(Br)c2)C1. The maximum Gasteiger partial charge on any atom is 0.243 e. The summed E-state index contributed by atoms with van der Waals surface area (Å²) < 4.78 is 28.7. The number of aliphatic hydroxyl groups is 1. The van der Waals surface area contributed by atoms with Crippen LogP contribution in [0.25, 0.3) is 0 Å². The number of aliphatic hydroxyl groups excluding tert-OH is 1. The van der Waals surface area contributed by atoms with Crippen LogP contribution in [0.1, 0.15) is 46.0 Å². The highest BCUT2D eigenvalue weighted by atomic mass is 79.9. The number of hydrogen-bond donors (Lipinski definition) is 2. The molecule has 7 heteroatoms. The standard InChI is InChI=1S/C19H29BrN2O3S/c1-3-14-5-4-13(2)22(12-14)26(24,25)17-6-7-19(18(20)10-17)21-11-15-8-16(23)9-15/h6-7,10,13-16,21,23H,3-5,8-9,11-12H2,1-2H3/t13-,14-,15?,16?/m1/s1. The van der Waals surface area contributed by atoms with Gasteiger partial charge >= 0.3 is 0 Å². The Morgan fingerprint density at radius 2 is 2.00 bits per heavy atom. The summed E-state index contributed by atoms with van der Waals surface area (Å²) >= 11 is 3.51. The molecule has 1 aliphatic heterocycles. The molecule has 0 aromatic heterocycles. The van der Waals surface area contributed by atoms with Crippen molar-refractivity contribution in [2.75, 3.05) is 18.4 Å². The van der Waals surface area contributed by atoms with E-state index in [1.807, 2.05) is 13.0 Å². The van der Waals surface area contributed by atoms with Crippen LogP contribution in [0, 0.1) is 11.8 Å². The molecule has 0 spiro atoms. The lowest BCUT2D eigenvalue weighted by atomic mass is 9.82. The minimum atomic E-state index is -3.48. The molecule has 2 aliphatic rings. The number of rotatable bonds is 6. The minimum absolute atomic E-state index is 0.0458. The molecular formula is C19H29BrN2O3S. The maximum atomic E-state index is 13.1. The third-order valence-electron chi connectivity index (χ3n) is 5.84. The first-order valence-corrected chi connectivity index (χ1v) is 11.8. The molecule has 2 N–H and O–H groups in total. The molecule has 1 heterocycles. The van der Waals surface area contributed by atoms with Gasteiger partial charge in [0.25, 0.3) is 0 Å². The van der Waals surface area contributed by atoms with Crippen molar-refractivity contribution in [3.05, 3.63) is 22.7 Å². The molecule has 1 aromatic rings. The number of sulfonamides is 1. The van der Waals surface area contributed by atoms with E-state index in [9.17, 15) is 13.5 Å². The predicted octanol–water partition coefficient (Wildman–Crippen LogP) is 3.83. The molecule has 1 saturated carbocycles. The smallest absolute Gasteiger partial charge is 0.243 e. The van der Waals surface area contributed by atoms with Gasteiger partial charge in [-0.05, 0) is 78.6 Å². The van der Waals surface area contributed by atoms with Crippen molar-refractivity contribution < 1.29 is 13.5 Å². The van der Waals surface area contributed by atoms with Crippen molar-refractivity contribution in [2.45, 2.75) is 63.0 Å². The van der Waals surface area contributed by atoms with Gasteiger partial charge in [-0.2, -0.15) is 4.31 Å². The van der Waals surface area contributed by atoms with Gasteiger partial charge in [0.1, 0.15) is 0 Å². The zero-order chi connectivity index (χ0) is 18.9. The first-order chi connectivity index (χ1) is 12.3. The van der Waals surface area contributed by atoms with Crippen molar-refractivity contribution in [1.29, 1.82) is 0 Å². The number of hydrogen-bond acceptors (Lipinski definition) is 4. The van der Waals surface area contributed by atoms with Crippen LogP contribution in [0.3, 0.4) is 0 Å². The molecular weight excluding hydrogens is 416 g/mol. The highest BCUT2D eigenvalue weighted by Crippen LogP contribution is 2.33. The van der Waals surface area contributed by atoms with Crippen LogP contribution in [-0.4, -0.2) is 43.1 Å². The van der Waals surface area contributed by atoms with Gasteiger partial charge < -0.3 is 10.4 Å². The summed E-state index contributed by atoms with van der Waals surface area (Å²) in [6.07, 6.45) is 4.56. The largest absolute Gasteiger partial charge is 0.393 e. The lowest BCUT2D eigenvalue weighted by molar-refractivity contribution is 0.0487. The summed E-state index contributed by atoms with van der Waals surface area (Å²) in [7, 11) is -3.48. The third-order valence-corrected chi connectivity index (χ3v) is 8.47. The fourth-order valence-electron chi connectivity index (χ4n) is 3.87. The summed E-state index contributed by atoms with van der Waals surface area (Å²) in [5.41, 5.74) is 0.892. The topological polar surface area (TPSA) is 69.6 Å². The second kappa shape index (κ2) is 8.17. The van der Waals surface area contributed by atoms with Crippen LogP contribution in [0.2, 0.25) is 0 Å². The average Bonchev–Trinajstić information content (AvgIpc) is 2.58. The molecule has 1 saturated heterocycles. The Balaban J connectivity index is 1.72. The van der Waals surface area contributed by atoms with E-state index in [0.29, 0.717) is 23.3 Å². The first kappa shape index (κ1) is 20.1. The Morgan fingerprint density at radius 3 is 2.62 bits per heavy atom. The van der Waals surface area contributed by atoms with Crippen molar-refractivity contribution >= 4 is 31.6 Å². The zero-order valence-corrected chi connectivity index (χ0v) is 17.9. The Labute approximate surface area is 165 Å². The zero-order valence-electron chi connectivity index (χ0n) is 15.5.